The van der Waals surface area contributed by atoms with E-state index in [1.807, 2.05) is 0 Å². The first-order chi connectivity index (χ1) is 3.63. The quantitative estimate of drug-likeness (QED) is 0.568. The molecule has 0 aromatic heterocycles. The Morgan fingerprint density at radius 2 is 1.88 bits per heavy atom. The molecule has 0 aliphatic rings. The molecular formula is C6H17NSi. The van der Waals surface area contributed by atoms with Crippen LogP contribution in [-0.2, 0) is 0 Å². The topological polar surface area (TPSA) is 12.0 Å². The van der Waals surface area contributed by atoms with Gasteiger partial charge in [0.2, 0.25) is 0 Å². The summed E-state index contributed by atoms with van der Waals surface area (Å²) >= 11 is 0. The average molecular weight is 131 g/mol. The Labute approximate surface area is 54.2 Å². The maximum Gasteiger partial charge on any atom is 0.102 e. The monoisotopic (exact) mass is 131 g/mol. The van der Waals surface area contributed by atoms with Crippen molar-refractivity contribution < 1.29 is 0 Å². The highest BCUT2D eigenvalue weighted by molar-refractivity contribution is 6.52. The Balaban J connectivity index is 2.93. The van der Waals surface area contributed by atoms with Gasteiger partial charge in [0, 0.05) is 0 Å². The van der Waals surface area contributed by atoms with E-state index in [1.54, 1.807) is 0 Å². The Bertz CT molecular complexity index is 44.5. The molecule has 0 aromatic rings. The number of nitrogens with one attached hydrogen (secondary N) is 1. The van der Waals surface area contributed by atoms with Crippen LogP contribution < -0.4 is 4.98 Å². The van der Waals surface area contributed by atoms with E-state index in [0.717, 1.165) is 5.92 Å². The molecule has 0 heterocycles. The first-order valence-corrected chi connectivity index (χ1v) is 6.25. The largest absolute Gasteiger partial charge is 0.340 e. The highest BCUT2D eigenvalue weighted by Crippen LogP contribution is 1.86. The van der Waals surface area contributed by atoms with Gasteiger partial charge in [-0.2, -0.15) is 0 Å². The lowest BCUT2D eigenvalue weighted by atomic mass is 10.2. The minimum absolute atomic E-state index is 0.477. The summed E-state index contributed by atoms with van der Waals surface area (Å²) in [5.74, 6) is 0.810. The third-order valence-corrected chi connectivity index (χ3v) is 1.99. The molecule has 0 unspecified atom stereocenters. The molecular weight excluding hydrogens is 114 g/mol. The molecule has 0 rings (SSSR count). The van der Waals surface area contributed by atoms with Gasteiger partial charge < -0.3 is 4.98 Å². The lowest BCUT2D eigenvalue weighted by molar-refractivity contribution is 0.630. The third kappa shape index (κ3) is 6.18. The van der Waals surface area contributed by atoms with Crippen LogP contribution >= 0.6 is 0 Å². The molecule has 1 N–H and O–H groups in total. The molecule has 0 aromatic carbocycles. The Morgan fingerprint density at radius 1 is 1.38 bits per heavy atom. The van der Waals surface area contributed by atoms with Crippen molar-refractivity contribution in [3.63, 3.8) is 0 Å². The van der Waals surface area contributed by atoms with Crippen molar-refractivity contribution in [2.75, 3.05) is 6.54 Å². The lowest BCUT2D eigenvalue weighted by Crippen LogP contribution is -2.30. The summed E-state index contributed by atoms with van der Waals surface area (Å²) in [5, 5.41) is 0. The highest BCUT2D eigenvalue weighted by Gasteiger charge is 1.94. The van der Waals surface area contributed by atoms with Crippen LogP contribution in [-0.4, -0.2) is 15.5 Å². The van der Waals surface area contributed by atoms with E-state index < -0.39 is 8.96 Å². The van der Waals surface area contributed by atoms with E-state index in [0.29, 0.717) is 0 Å². The summed E-state index contributed by atoms with van der Waals surface area (Å²) in [6.07, 6.45) is 0. The van der Waals surface area contributed by atoms with Crippen LogP contribution in [0.1, 0.15) is 13.8 Å². The molecule has 0 amide bonds. The number of hydrogen-bond acceptors (Lipinski definition) is 1. The fourth-order valence-electron chi connectivity index (χ4n) is 0.471. The molecule has 8 heavy (non-hydrogen) atoms. The van der Waals surface area contributed by atoms with E-state index in [1.165, 1.54) is 6.54 Å². The van der Waals surface area contributed by atoms with Crippen LogP contribution in [0.25, 0.3) is 0 Å². The predicted octanol–water partition coefficient (Wildman–Crippen LogP) is 1.22. The maximum absolute atomic E-state index is 3.48. The van der Waals surface area contributed by atoms with Gasteiger partial charge in [0.15, 0.2) is 0 Å². The smallest absolute Gasteiger partial charge is 0.102 e. The molecule has 2 heteroatoms. The normalized spacial score (nSPS) is 11.2. The lowest BCUT2D eigenvalue weighted by Gasteiger charge is -2.08. The van der Waals surface area contributed by atoms with Crippen molar-refractivity contribution in [3.05, 3.63) is 0 Å². The molecule has 0 aliphatic heterocycles. The Morgan fingerprint density at radius 3 is 2.00 bits per heavy atom. The molecule has 0 saturated heterocycles. The third-order valence-electron chi connectivity index (χ3n) is 0.934. The van der Waals surface area contributed by atoms with Gasteiger partial charge in [0.1, 0.15) is 8.96 Å². The highest BCUT2D eigenvalue weighted by atomic mass is 28.3. The average Bonchev–Trinajstić information content (AvgIpc) is 1.61. The Hall–Kier alpha value is 0.177. The molecule has 1 nitrogen and oxygen atoms in total. The van der Waals surface area contributed by atoms with Crippen molar-refractivity contribution in [3.8, 4) is 0 Å². The van der Waals surface area contributed by atoms with Crippen LogP contribution in [0.5, 0.6) is 0 Å². The molecule has 0 fully saturated rings. The second-order valence-electron chi connectivity index (χ2n) is 2.96. The van der Waals surface area contributed by atoms with Crippen molar-refractivity contribution >= 4 is 8.96 Å². The second-order valence-corrected chi connectivity index (χ2v) is 5.67. The second kappa shape index (κ2) is 4.10. The van der Waals surface area contributed by atoms with Crippen LogP contribution in [0.3, 0.4) is 0 Å². The zero-order valence-corrected chi connectivity index (χ0v) is 7.52. The fraction of sp³-hybridized carbons (Fsp3) is 1.00. The van der Waals surface area contributed by atoms with Gasteiger partial charge in [0.05, 0.1) is 0 Å². The van der Waals surface area contributed by atoms with Gasteiger partial charge in [-0.3, -0.25) is 0 Å². The summed E-state index contributed by atoms with van der Waals surface area (Å²) < 4.78 is 0. The van der Waals surface area contributed by atoms with Gasteiger partial charge in [-0.25, -0.2) is 0 Å². The minimum Gasteiger partial charge on any atom is -0.340 e. The minimum atomic E-state index is -0.477. The van der Waals surface area contributed by atoms with Crippen LogP contribution in [0.2, 0.25) is 13.1 Å². The molecule has 50 valence electrons. The summed E-state index contributed by atoms with van der Waals surface area (Å²) in [4.78, 5) is 3.48. The van der Waals surface area contributed by atoms with E-state index in [4.69, 9.17) is 0 Å². The number of rotatable bonds is 3. The van der Waals surface area contributed by atoms with Gasteiger partial charge in [0.25, 0.3) is 0 Å². The molecule has 0 saturated carbocycles. The van der Waals surface area contributed by atoms with Crippen molar-refractivity contribution in [2.45, 2.75) is 26.9 Å². The molecule has 0 aliphatic carbocycles. The molecule has 0 bridgehead atoms. The van der Waals surface area contributed by atoms with Crippen LogP contribution in [0, 0.1) is 5.92 Å². The molecule has 0 atom stereocenters. The summed E-state index contributed by atoms with van der Waals surface area (Å²) in [6, 6.07) is 0. The zero-order chi connectivity index (χ0) is 6.57. The molecule has 0 radical (unpaired) electrons. The van der Waals surface area contributed by atoms with E-state index >= 15 is 0 Å². The van der Waals surface area contributed by atoms with Crippen molar-refractivity contribution in [1.82, 2.24) is 4.98 Å². The van der Waals surface area contributed by atoms with Crippen molar-refractivity contribution in [2.24, 2.45) is 5.92 Å². The summed E-state index contributed by atoms with van der Waals surface area (Å²) in [5.41, 5.74) is 0. The van der Waals surface area contributed by atoms with Gasteiger partial charge in [-0.05, 0) is 12.5 Å². The van der Waals surface area contributed by atoms with Gasteiger partial charge in [-0.15, -0.1) is 0 Å². The Kier molecular flexibility index (Phi) is 4.19. The first kappa shape index (κ1) is 8.18. The first-order valence-electron chi connectivity index (χ1n) is 3.36. The summed E-state index contributed by atoms with van der Waals surface area (Å²) in [7, 11) is -0.477. The fourth-order valence-corrected chi connectivity index (χ4v) is 1.41. The van der Waals surface area contributed by atoms with Crippen LogP contribution in [0.15, 0.2) is 0 Å². The summed E-state index contributed by atoms with van der Waals surface area (Å²) in [6.45, 7) is 10.3. The van der Waals surface area contributed by atoms with E-state index in [2.05, 4.69) is 31.9 Å². The van der Waals surface area contributed by atoms with Crippen LogP contribution in [0.4, 0.5) is 0 Å². The van der Waals surface area contributed by atoms with E-state index in [-0.39, 0.29) is 0 Å². The molecule has 0 spiro atoms. The maximum atomic E-state index is 3.48. The predicted molar refractivity (Wildman–Crippen MR) is 41.7 cm³/mol. The van der Waals surface area contributed by atoms with Gasteiger partial charge in [-0.1, -0.05) is 26.9 Å². The SMILES string of the molecule is CC(C)CN[SiH](C)C. The zero-order valence-electron chi connectivity index (χ0n) is 6.36. The van der Waals surface area contributed by atoms with Gasteiger partial charge >= 0.3 is 0 Å². The standard InChI is InChI=1S/C6H17NSi/c1-6(2)5-7-8(3)4/h6-8H,5H2,1-4H3. The van der Waals surface area contributed by atoms with E-state index in [9.17, 15) is 0 Å². The number of hydrogen-bond donors (Lipinski definition) is 1. The van der Waals surface area contributed by atoms with Crippen molar-refractivity contribution in [1.29, 1.82) is 0 Å².